The molecule has 1 N–H and O–H groups in total. The molecule has 74 valence electrons. The largest absolute Gasteiger partial charge is 0.438 e. The minimum absolute atomic E-state index is 0.287. The Labute approximate surface area is 77.8 Å². The van der Waals surface area contributed by atoms with E-state index in [4.69, 9.17) is 4.74 Å². The van der Waals surface area contributed by atoms with Gasteiger partial charge in [0.05, 0.1) is 0 Å². The summed E-state index contributed by atoms with van der Waals surface area (Å²) in [4.78, 5) is 12.5. The molecule has 0 aromatic carbocycles. The summed E-state index contributed by atoms with van der Waals surface area (Å²) in [6.45, 7) is 8.70. The van der Waals surface area contributed by atoms with Crippen LogP contribution in [0.15, 0.2) is 12.7 Å². The Morgan fingerprint density at radius 3 is 2.46 bits per heavy atom. The number of aliphatic hydroxyl groups is 1. The smallest absolute Gasteiger partial charge is 0.413 e. The van der Waals surface area contributed by atoms with E-state index in [9.17, 15) is 9.90 Å². The molecule has 0 aromatic rings. The Morgan fingerprint density at radius 2 is 2.15 bits per heavy atom. The molecule has 1 rings (SSSR count). The molecule has 1 atom stereocenters. The van der Waals surface area contributed by atoms with Gasteiger partial charge in [0.2, 0.25) is 0 Å². The molecule has 1 fully saturated rings. The van der Waals surface area contributed by atoms with Crippen LogP contribution in [0.4, 0.5) is 4.79 Å². The third-order valence-corrected chi connectivity index (χ3v) is 2.54. The van der Waals surface area contributed by atoms with E-state index in [0.717, 1.165) is 0 Å². The highest BCUT2D eigenvalue weighted by molar-refractivity contribution is 5.72. The highest BCUT2D eigenvalue weighted by Gasteiger charge is 2.55. The summed E-state index contributed by atoms with van der Waals surface area (Å²) in [6.07, 6.45) is 1.05. The van der Waals surface area contributed by atoms with Crippen LogP contribution in [0.3, 0.4) is 0 Å². The van der Waals surface area contributed by atoms with Gasteiger partial charge in [0.1, 0.15) is 0 Å². The number of cyclic esters (lactones) is 1. The van der Waals surface area contributed by atoms with Gasteiger partial charge in [0.25, 0.3) is 0 Å². The van der Waals surface area contributed by atoms with Crippen molar-refractivity contribution in [2.24, 2.45) is 0 Å². The molecule has 0 unspecified atom stereocenters. The van der Waals surface area contributed by atoms with Crippen LogP contribution in [0, 0.1) is 0 Å². The van der Waals surface area contributed by atoms with Crippen LogP contribution in [0.1, 0.15) is 20.8 Å². The fourth-order valence-corrected chi connectivity index (χ4v) is 1.25. The van der Waals surface area contributed by atoms with E-state index >= 15 is 0 Å². The third kappa shape index (κ3) is 1.31. The SMILES string of the molecule is C=CCN1C(=O)OC(C)(C)[C@]1(C)O. The summed E-state index contributed by atoms with van der Waals surface area (Å²) in [5.74, 6) is 0. The maximum absolute atomic E-state index is 11.3. The van der Waals surface area contributed by atoms with E-state index in [0.29, 0.717) is 0 Å². The van der Waals surface area contributed by atoms with Crippen molar-refractivity contribution in [3.05, 3.63) is 12.7 Å². The first-order chi connectivity index (χ1) is 5.83. The highest BCUT2D eigenvalue weighted by atomic mass is 16.6. The van der Waals surface area contributed by atoms with Gasteiger partial charge >= 0.3 is 6.09 Å². The maximum Gasteiger partial charge on any atom is 0.413 e. The molecule has 1 heterocycles. The van der Waals surface area contributed by atoms with Crippen molar-refractivity contribution in [2.45, 2.75) is 32.1 Å². The summed E-state index contributed by atoms with van der Waals surface area (Å²) in [6, 6.07) is 0. The molecular weight excluding hydrogens is 170 g/mol. The Bertz CT molecular complexity index is 245. The van der Waals surface area contributed by atoms with Crippen LogP contribution in [-0.2, 0) is 4.74 Å². The van der Waals surface area contributed by atoms with Gasteiger partial charge in [-0.3, -0.25) is 4.90 Å². The van der Waals surface area contributed by atoms with E-state index < -0.39 is 17.4 Å². The number of carbonyl (C=O) groups excluding carboxylic acids is 1. The molecule has 1 saturated heterocycles. The minimum atomic E-state index is -1.28. The number of carbonyl (C=O) groups is 1. The van der Waals surface area contributed by atoms with E-state index in [2.05, 4.69) is 6.58 Å². The Kier molecular flexibility index (Phi) is 2.11. The summed E-state index contributed by atoms with van der Waals surface area (Å²) < 4.78 is 5.02. The Balaban J connectivity index is 2.98. The van der Waals surface area contributed by atoms with Crippen LogP contribution in [0.2, 0.25) is 0 Å². The van der Waals surface area contributed by atoms with Gasteiger partial charge in [-0.05, 0) is 20.8 Å². The van der Waals surface area contributed by atoms with Gasteiger partial charge in [0.15, 0.2) is 11.3 Å². The quantitative estimate of drug-likeness (QED) is 0.656. The molecule has 1 aliphatic rings. The van der Waals surface area contributed by atoms with Gasteiger partial charge in [-0.1, -0.05) is 6.08 Å². The number of amides is 1. The van der Waals surface area contributed by atoms with Crippen molar-refractivity contribution >= 4 is 6.09 Å². The molecule has 0 radical (unpaired) electrons. The first kappa shape index (κ1) is 10.1. The number of nitrogens with zero attached hydrogens (tertiary/aromatic N) is 1. The zero-order chi connectivity index (χ0) is 10.3. The van der Waals surface area contributed by atoms with Gasteiger partial charge < -0.3 is 9.84 Å². The third-order valence-electron chi connectivity index (χ3n) is 2.54. The second kappa shape index (κ2) is 2.73. The fourth-order valence-electron chi connectivity index (χ4n) is 1.25. The number of hydrogen-bond acceptors (Lipinski definition) is 3. The molecule has 1 aliphatic heterocycles. The van der Waals surface area contributed by atoms with Crippen molar-refractivity contribution < 1.29 is 14.6 Å². The Morgan fingerprint density at radius 1 is 1.62 bits per heavy atom. The lowest BCUT2D eigenvalue weighted by Crippen LogP contribution is -2.53. The molecule has 4 nitrogen and oxygen atoms in total. The lowest BCUT2D eigenvalue weighted by Gasteiger charge is -2.34. The summed E-state index contributed by atoms with van der Waals surface area (Å²) in [5, 5.41) is 10.0. The van der Waals surface area contributed by atoms with Crippen molar-refractivity contribution in [3.8, 4) is 0 Å². The lowest BCUT2D eigenvalue weighted by atomic mass is 9.96. The maximum atomic E-state index is 11.3. The average molecular weight is 185 g/mol. The van der Waals surface area contributed by atoms with Crippen molar-refractivity contribution in [3.63, 3.8) is 0 Å². The normalized spacial score (nSPS) is 31.7. The molecule has 0 aliphatic carbocycles. The van der Waals surface area contributed by atoms with Gasteiger partial charge in [-0.25, -0.2) is 4.79 Å². The molecule has 1 amide bonds. The molecule has 0 spiro atoms. The minimum Gasteiger partial charge on any atom is -0.438 e. The van der Waals surface area contributed by atoms with Crippen LogP contribution in [0.5, 0.6) is 0 Å². The topological polar surface area (TPSA) is 49.8 Å². The second-order valence-electron chi connectivity index (χ2n) is 3.80. The van der Waals surface area contributed by atoms with Crippen LogP contribution in [-0.4, -0.2) is 34.0 Å². The molecule has 0 bridgehead atoms. The molecular formula is C9H15NO3. The van der Waals surface area contributed by atoms with E-state index in [1.807, 2.05) is 0 Å². The molecule has 4 heteroatoms. The first-order valence-electron chi connectivity index (χ1n) is 4.17. The van der Waals surface area contributed by atoms with Crippen molar-refractivity contribution in [2.75, 3.05) is 6.54 Å². The monoisotopic (exact) mass is 185 g/mol. The van der Waals surface area contributed by atoms with Crippen molar-refractivity contribution in [1.29, 1.82) is 0 Å². The zero-order valence-corrected chi connectivity index (χ0v) is 8.20. The summed E-state index contributed by atoms with van der Waals surface area (Å²) in [5.41, 5.74) is -2.16. The fraction of sp³-hybridized carbons (Fsp3) is 0.667. The van der Waals surface area contributed by atoms with E-state index in [1.165, 1.54) is 4.90 Å². The van der Waals surface area contributed by atoms with Gasteiger partial charge in [-0.15, -0.1) is 6.58 Å². The molecule has 0 aromatic heterocycles. The molecule has 0 saturated carbocycles. The van der Waals surface area contributed by atoms with Crippen LogP contribution < -0.4 is 0 Å². The van der Waals surface area contributed by atoms with E-state index in [1.54, 1.807) is 26.8 Å². The lowest BCUT2D eigenvalue weighted by molar-refractivity contribution is -0.124. The van der Waals surface area contributed by atoms with Crippen LogP contribution >= 0.6 is 0 Å². The number of hydrogen-bond donors (Lipinski definition) is 1. The summed E-state index contributed by atoms with van der Waals surface area (Å²) >= 11 is 0. The number of ether oxygens (including phenoxy) is 1. The average Bonchev–Trinajstić information content (AvgIpc) is 2.10. The second-order valence-corrected chi connectivity index (χ2v) is 3.80. The zero-order valence-electron chi connectivity index (χ0n) is 8.20. The van der Waals surface area contributed by atoms with Crippen LogP contribution in [0.25, 0.3) is 0 Å². The van der Waals surface area contributed by atoms with Gasteiger partial charge in [-0.2, -0.15) is 0 Å². The highest BCUT2D eigenvalue weighted by Crippen LogP contribution is 2.36. The Hall–Kier alpha value is -1.03. The van der Waals surface area contributed by atoms with E-state index in [-0.39, 0.29) is 6.54 Å². The summed E-state index contributed by atoms with van der Waals surface area (Å²) in [7, 11) is 0. The standard InChI is InChI=1S/C9H15NO3/c1-5-6-10-7(11)13-8(2,3)9(10,4)12/h5,12H,1,6H2,2-4H3/t9-/m0/s1. The predicted octanol–water partition coefficient (Wildman–Crippen LogP) is 1.11. The molecule has 13 heavy (non-hydrogen) atoms. The number of rotatable bonds is 2. The van der Waals surface area contributed by atoms with Crippen molar-refractivity contribution in [1.82, 2.24) is 4.90 Å². The first-order valence-corrected chi connectivity index (χ1v) is 4.17. The van der Waals surface area contributed by atoms with Gasteiger partial charge in [0, 0.05) is 6.54 Å². The predicted molar refractivity (Wildman–Crippen MR) is 48.1 cm³/mol.